The Labute approximate surface area is 161 Å². The molecule has 1 aromatic carbocycles. The van der Waals surface area contributed by atoms with Gasteiger partial charge >= 0.3 is 0 Å². The summed E-state index contributed by atoms with van der Waals surface area (Å²) in [5.41, 5.74) is 1.85. The van der Waals surface area contributed by atoms with Crippen molar-refractivity contribution in [3.05, 3.63) is 35.7 Å². The highest BCUT2D eigenvalue weighted by Gasteiger charge is 2.27. The van der Waals surface area contributed by atoms with Crippen LogP contribution in [-0.2, 0) is 14.4 Å². The summed E-state index contributed by atoms with van der Waals surface area (Å²) in [6.07, 6.45) is 1.48. The summed E-state index contributed by atoms with van der Waals surface area (Å²) in [5, 5.41) is 7.71. The predicted molar refractivity (Wildman–Crippen MR) is 100 cm³/mol. The molecule has 1 aliphatic rings. The SMILES string of the molecule is Cc1nc2ccccc2nc1C(=O)NCC(=O)NC(C=O)CC1CCNC1=O. The van der Waals surface area contributed by atoms with Crippen LogP contribution in [0.2, 0.25) is 0 Å². The molecular weight excluding hydrogens is 362 g/mol. The van der Waals surface area contributed by atoms with Crippen LogP contribution >= 0.6 is 0 Å². The lowest BCUT2D eigenvalue weighted by Gasteiger charge is -2.15. The van der Waals surface area contributed by atoms with Crippen LogP contribution in [0.5, 0.6) is 0 Å². The van der Waals surface area contributed by atoms with Crippen LogP contribution in [0.1, 0.15) is 29.0 Å². The van der Waals surface area contributed by atoms with Gasteiger partial charge in [0.1, 0.15) is 12.0 Å². The van der Waals surface area contributed by atoms with Gasteiger partial charge in [0.05, 0.1) is 29.3 Å². The van der Waals surface area contributed by atoms with Crippen molar-refractivity contribution in [2.45, 2.75) is 25.8 Å². The van der Waals surface area contributed by atoms with Crippen LogP contribution < -0.4 is 16.0 Å². The highest BCUT2D eigenvalue weighted by Crippen LogP contribution is 2.15. The summed E-state index contributed by atoms with van der Waals surface area (Å²) in [5.74, 6) is -1.45. The van der Waals surface area contributed by atoms with Crippen molar-refractivity contribution >= 4 is 35.0 Å². The van der Waals surface area contributed by atoms with E-state index in [1.165, 1.54) is 0 Å². The summed E-state index contributed by atoms with van der Waals surface area (Å²) in [6.45, 7) is 1.93. The van der Waals surface area contributed by atoms with E-state index in [2.05, 4.69) is 25.9 Å². The fourth-order valence-corrected chi connectivity index (χ4v) is 3.13. The molecule has 0 aliphatic carbocycles. The number of carbonyl (C=O) groups excluding carboxylic acids is 4. The Balaban J connectivity index is 1.56. The van der Waals surface area contributed by atoms with Crippen molar-refractivity contribution in [3.8, 4) is 0 Å². The normalized spacial score (nSPS) is 17.0. The monoisotopic (exact) mass is 383 g/mol. The number of nitrogens with one attached hydrogen (secondary N) is 3. The molecule has 2 aromatic rings. The zero-order chi connectivity index (χ0) is 20.1. The second kappa shape index (κ2) is 8.55. The molecule has 9 heteroatoms. The maximum atomic E-state index is 12.4. The second-order valence-corrected chi connectivity index (χ2v) is 6.65. The zero-order valence-corrected chi connectivity index (χ0v) is 15.4. The first-order valence-corrected chi connectivity index (χ1v) is 9.02. The number of aromatic nitrogens is 2. The van der Waals surface area contributed by atoms with E-state index in [1.54, 1.807) is 25.1 Å². The molecule has 1 fully saturated rings. The van der Waals surface area contributed by atoms with Crippen LogP contribution in [0.15, 0.2) is 24.3 Å². The molecule has 1 saturated heterocycles. The van der Waals surface area contributed by atoms with Gasteiger partial charge in [0, 0.05) is 12.5 Å². The molecule has 0 saturated carbocycles. The van der Waals surface area contributed by atoms with Crippen molar-refractivity contribution in [1.82, 2.24) is 25.9 Å². The van der Waals surface area contributed by atoms with Gasteiger partial charge in [-0.25, -0.2) is 9.97 Å². The van der Waals surface area contributed by atoms with Gasteiger partial charge in [0.25, 0.3) is 5.91 Å². The molecule has 0 bridgehead atoms. The third kappa shape index (κ3) is 4.48. The van der Waals surface area contributed by atoms with Crippen molar-refractivity contribution in [1.29, 1.82) is 0 Å². The Kier molecular flexibility index (Phi) is 5.93. The fraction of sp³-hybridized carbons (Fsp3) is 0.368. The highest BCUT2D eigenvalue weighted by atomic mass is 16.2. The van der Waals surface area contributed by atoms with Gasteiger partial charge in [-0.15, -0.1) is 0 Å². The molecule has 3 amide bonds. The van der Waals surface area contributed by atoms with Crippen molar-refractivity contribution < 1.29 is 19.2 Å². The number of benzene rings is 1. The zero-order valence-electron chi connectivity index (χ0n) is 15.4. The van der Waals surface area contributed by atoms with E-state index in [1.807, 2.05) is 6.07 Å². The van der Waals surface area contributed by atoms with Crippen LogP contribution in [0.25, 0.3) is 11.0 Å². The highest BCUT2D eigenvalue weighted by molar-refractivity contribution is 5.97. The summed E-state index contributed by atoms with van der Waals surface area (Å²) >= 11 is 0. The van der Waals surface area contributed by atoms with Crippen LogP contribution in [0.4, 0.5) is 0 Å². The van der Waals surface area contributed by atoms with Crippen molar-refractivity contribution in [3.63, 3.8) is 0 Å². The molecule has 9 nitrogen and oxygen atoms in total. The topological polar surface area (TPSA) is 130 Å². The Hall–Kier alpha value is -3.36. The first-order valence-electron chi connectivity index (χ1n) is 9.02. The maximum absolute atomic E-state index is 12.4. The molecule has 0 radical (unpaired) electrons. The van der Waals surface area contributed by atoms with E-state index in [0.717, 1.165) is 0 Å². The van der Waals surface area contributed by atoms with Gasteiger partial charge in [-0.3, -0.25) is 14.4 Å². The standard InChI is InChI=1S/C19H21N5O4/c1-11-17(24-15-5-3-2-4-14(15)22-11)19(28)21-9-16(26)23-13(10-25)8-12-6-7-20-18(12)27/h2-5,10,12-13H,6-9H2,1H3,(H,20,27)(H,21,28)(H,23,26). The van der Waals surface area contributed by atoms with Crippen LogP contribution in [-0.4, -0.2) is 53.1 Å². The predicted octanol–water partition coefficient (Wildman–Crippen LogP) is -0.122. The number of aryl methyl sites for hydroxylation is 1. The Bertz CT molecular complexity index is 930. The van der Waals surface area contributed by atoms with E-state index in [0.29, 0.717) is 36.0 Å². The molecule has 2 heterocycles. The van der Waals surface area contributed by atoms with E-state index >= 15 is 0 Å². The molecule has 3 rings (SSSR count). The number of amides is 3. The number of hydrogen-bond donors (Lipinski definition) is 3. The molecule has 2 atom stereocenters. The van der Waals surface area contributed by atoms with E-state index in [4.69, 9.17) is 0 Å². The average molecular weight is 383 g/mol. The average Bonchev–Trinajstić information content (AvgIpc) is 3.09. The first-order chi connectivity index (χ1) is 13.5. The molecular formula is C19H21N5O4. The smallest absolute Gasteiger partial charge is 0.272 e. The van der Waals surface area contributed by atoms with Gasteiger partial charge in [-0.05, 0) is 31.9 Å². The summed E-state index contributed by atoms with van der Waals surface area (Å²) in [7, 11) is 0. The van der Waals surface area contributed by atoms with E-state index < -0.39 is 17.9 Å². The number of fused-ring (bicyclic) bond motifs is 1. The lowest BCUT2D eigenvalue weighted by Crippen LogP contribution is -2.44. The molecule has 0 spiro atoms. The molecule has 1 aliphatic heterocycles. The minimum atomic E-state index is -0.777. The number of rotatable bonds is 7. The summed E-state index contributed by atoms with van der Waals surface area (Å²) in [4.78, 5) is 55.9. The Morgan fingerprint density at radius 2 is 2.00 bits per heavy atom. The summed E-state index contributed by atoms with van der Waals surface area (Å²) < 4.78 is 0. The minimum Gasteiger partial charge on any atom is -0.356 e. The van der Waals surface area contributed by atoms with Crippen LogP contribution in [0, 0.1) is 12.8 Å². The van der Waals surface area contributed by atoms with Crippen molar-refractivity contribution in [2.75, 3.05) is 13.1 Å². The number of para-hydroxylation sites is 2. The number of hydrogen-bond acceptors (Lipinski definition) is 6. The van der Waals surface area contributed by atoms with Gasteiger partial charge in [-0.2, -0.15) is 0 Å². The maximum Gasteiger partial charge on any atom is 0.272 e. The van der Waals surface area contributed by atoms with Gasteiger partial charge in [0.2, 0.25) is 11.8 Å². The third-order valence-corrected chi connectivity index (χ3v) is 4.58. The molecule has 28 heavy (non-hydrogen) atoms. The van der Waals surface area contributed by atoms with Crippen molar-refractivity contribution in [2.24, 2.45) is 5.92 Å². The Morgan fingerprint density at radius 1 is 1.29 bits per heavy atom. The molecule has 1 aromatic heterocycles. The van der Waals surface area contributed by atoms with E-state index in [9.17, 15) is 19.2 Å². The quantitative estimate of drug-likeness (QED) is 0.572. The molecule has 3 N–H and O–H groups in total. The largest absolute Gasteiger partial charge is 0.356 e. The van der Waals surface area contributed by atoms with Gasteiger partial charge < -0.3 is 20.7 Å². The fourth-order valence-electron chi connectivity index (χ4n) is 3.13. The second-order valence-electron chi connectivity index (χ2n) is 6.65. The third-order valence-electron chi connectivity index (χ3n) is 4.58. The lowest BCUT2D eigenvalue weighted by atomic mass is 9.99. The molecule has 2 unspecified atom stereocenters. The number of carbonyl (C=O) groups is 4. The summed E-state index contributed by atoms with van der Waals surface area (Å²) in [6, 6.07) is 6.40. The lowest BCUT2D eigenvalue weighted by molar-refractivity contribution is -0.125. The first kappa shape index (κ1) is 19.4. The Morgan fingerprint density at radius 3 is 2.64 bits per heavy atom. The van der Waals surface area contributed by atoms with Crippen LogP contribution in [0.3, 0.4) is 0 Å². The number of aldehydes is 1. The molecule has 146 valence electrons. The van der Waals surface area contributed by atoms with Gasteiger partial charge in [0.15, 0.2) is 0 Å². The minimum absolute atomic E-state index is 0.111. The number of nitrogens with zero attached hydrogens (tertiary/aromatic N) is 2. The van der Waals surface area contributed by atoms with Gasteiger partial charge in [-0.1, -0.05) is 12.1 Å². The van der Waals surface area contributed by atoms with E-state index in [-0.39, 0.29) is 30.5 Å².